The summed E-state index contributed by atoms with van der Waals surface area (Å²) in [5.74, 6) is -1.82. The smallest absolute Gasteiger partial charge is 0.235 e. The van der Waals surface area contributed by atoms with Gasteiger partial charge in [0.2, 0.25) is 11.8 Å². The fourth-order valence-corrected chi connectivity index (χ4v) is 5.94. The predicted molar refractivity (Wildman–Crippen MR) is 110 cm³/mol. The third-order valence-electron chi connectivity index (χ3n) is 7.07. The first-order valence-electron chi connectivity index (χ1n) is 10.2. The van der Waals surface area contributed by atoms with E-state index in [0.29, 0.717) is 0 Å². The van der Waals surface area contributed by atoms with Crippen LogP contribution in [0.25, 0.3) is 0 Å². The van der Waals surface area contributed by atoms with E-state index in [9.17, 15) is 14.9 Å². The highest BCUT2D eigenvalue weighted by Gasteiger charge is 2.68. The molecule has 0 spiro atoms. The molecule has 144 valence electrons. The van der Waals surface area contributed by atoms with Gasteiger partial charge in [-0.05, 0) is 27.8 Å². The van der Waals surface area contributed by atoms with Gasteiger partial charge in [-0.1, -0.05) is 78.9 Å². The number of likely N-dealkylation sites (tertiary alicyclic amines) is 1. The van der Waals surface area contributed by atoms with Crippen LogP contribution in [-0.2, 0) is 21.5 Å². The first-order chi connectivity index (χ1) is 14.7. The molecule has 3 aliphatic carbocycles. The molecule has 0 aromatic heterocycles. The van der Waals surface area contributed by atoms with E-state index in [1.165, 1.54) is 4.90 Å². The van der Waals surface area contributed by atoms with E-state index in [-0.39, 0.29) is 24.3 Å². The second-order valence-corrected chi connectivity index (χ2v) is 8.32. The molecule has 2 atom stereocenters. The van der Waals surface area contributed by atoms with Gasteiger partial charge < -0.3 is 0 Å². The highest BCUT2D eigenvalue weighted by molar-refractivity contribution is 6.08. The quantitative estimate of drug-likeness (QED) is 0.626. The highest BCUT2D eigenvalue weighted by Crippen LogP contribution is 2.63. The minimum absolute atomic E-state index is 0.164. The Balaban J connectivity index is 1.58. The molecular weight excluding hydrogens is 372 g/mol. The van der Waals surface area contributed by atoms with Crippen molar-refractivity contribution in [3.05, 3.63) is 107 Å². The predicted octanol–water partition coefficient (Wildman–Crippen LogP) is 3.76. The number of hydrogen-bond acceptors (Lipinski definition) is 3. The maximum Gasteiger partial charge on any atom is 0.235 e. The average molecular weight is 390 g/mol. The molecule has 7 rings (SSSR count). The SMILES string of the molecule is N#CC12c3ccccc3C(c3ccccc31)[C@@H]1C(=O)N(Cc3ccccc3)C(=O)[C@H]12. The van der Waals surface area contributed by atoms with Crippen molar-refractivity contribution < 1.29 is 9.59 Å². The second kappa shape index (κ2) is 5.90. The summed E-state index contributed by atoms with van der Waals surface area (Å²) in [6.45, 7) is 0.242. The van der Waals surface area contributed by atoms with Crippen LogP contribution in [0.3, 0.4) is 0 Å². The van der Waals surface area contributed by atoms with E-state index in [2.05, 4.69) is 6.07 Å². The summed E-state index contributed by atoms with van der Waals surface area (Å²) < 4.78 is 0. The van der Waals surface area contributed by atoms with Crippen molar-refractivity contribution in [2.45, 2.75) is 17.9 Å². The standard InChI is InChI=1S/C26H18N2O2/c27-15-26-19-12-6-4-10-17(19)21(18-11-5-7-13-20(18)26)22-23(26)25(30)28(24(22)29)14-16-8-2-1-3-9-16/h1-13,21-23H,14H2/t21?,22-,23-,26?/m0/s1. The van der Waals surface area contributed by atoms with Crippen LogP contribution in [0.4, 0.5) is 0 Å². The lowest BCUT2D eigenvalue weighted by Gasteiger charge is -2.50. The second-order valence-electron chi connectivity index (χ2n) is 8.32. The minimum atomic E-state index is -1.13. The number of carbonyl (C=O) groups is 2. The number of carbonyl (C=O) groups excluding carboxylic acids is 2. The Morgan fingerprint density at radius 3 is 1.97 bits per heavy atom. The first kappa shape index (κ1) is 17.2. The van der Waals surface area contributed by atoms with Crippen molar-refractivity contribution >= 4 is 11.8 Å². The van der Waals surface area contributed by atoms with Crippen LogP contribution in [0.1, 0.15) is 33.7 Å². The van der Waals surface area contributed by atoms with Gasteiger partial charge in [-0.2, -0.15) is 5.26 Å². The van der Waals surface area contributed by atoms with E-state index < -0.39 is 17.3 Å². The Labute approximate surface area is 174 Å². The van der Waals surface area contributed by atoms with E-state index in [4.69, 9.17) is 0 Å². The zero-order chi connectivity index (χ0) is 20.5. The average Bonchev–Trinajstić information content (AvgIpc) is 3.05. The van der Waals surface area contributed by atoms with Gasteiger partial charge in [-0.25, -0.2) is 0 Å². The van der Waals surface area contributed by atoms with Gasteiger partial charge in [0, 0.05) is 5.92 Å². The fourth-order valence-electron chi connectivity index (χ4n) is 5.94. The minimum Gasteiger partial charge on any atom is -0.278 e. The Morgan fingerprint density at radius 2 is 1.37 bits per heavy atom. The first-order valence-corrected chi connectivity index (χ1v) is 10.2. The summed E-state index contributed by atoms with van der Waals surface area (Å²) in [6.07, 6.45) is 0. The van der Waals surface area contributed by atoms with Crippen molar-refractivity contribution in [1.29, 1.82) is 5.26 Å². The van der Waals surface area contributed by atoms with Crippen LogP contribution in [0, 0.1) is 23.2 Å². The van der Waals surface area contributed by atoms with Crippen molar-refractivity contribution in [1.82, 2.24) is 4.90 Å². The number of imide groups is 1. The van der Waals surface area contributed by atoms with Crippen LogP contribution < -0.4 is 0 Å². The van der Waals surface area contributed by atoms with Gasteiger partial charge in [0.15, 0.2) is 0 Å². The Bertz CT molecular complexity index is 1210. The van der Waals surface area contributed by atoms with E-state index in [0.717, 1.165) is 27.8 Å². The number of hydrogen-bond donors (Lipinski definition) is 0. The van der Waals surface area contributed by atoms with Crippen LogP contribution >= 0.6 is 0 Å². The normalized spacial score (nSPS) is 28.0. The summed E-state index contributed by atoms with van der Waals surface area (Å²) in [4.78, 5) is 28.7. The van der Waals surface area contributed by atoms with Gasteiger partial charge in [0.1, 0.15) is 5.41 Å². The number of amides is 2. The molecule has 1 saturated heterocycles. The van der Waals surface area contributed by atoms with Crippen molar-refractivity contribution in [2.24, 2.45) is 11.8 Å². The third-order valence-corrected chi connectivity index (χ3v) is 7.07. The third kappa shape index (κ3) is 1.90. The number of benzene rings is 3. The van der Waals surface area contributed by atoms with Crippen LogP contribution in [-0.4, -0.2) is 16.7 Å². The molecule has 1 heterocycles. The molecule has 30 heavy (non-hydrogen) atoms. The molecule has 4 aliphatic rings. The lowest BCUT2D eigenvalue weighted by Crippen LogP contribution is -2.52. The molecule has 0 radical (unpaired) electrons. The zero-order valence-corrected chi connectivity index (χ0v) is 16.2. The largest absolute Gasteiger partial charge is 0.278 e. The number of nitrogens with zero attached hydrogens (tertiary/aromatic N) is 2. The maximum absolute atomic E-state index is 13.7. The molecular formula is C26H18N2O2. The number of rotatable bonds is 2. The van der Waals surface area contributed by atoms with E-state index in [1.807, 2.05) is 78.9 Å². The molecule has 1 aliphatic heterocycles. The molecule has 0 saturated carbocycles. The summed E-state index contributed by atoms with van der Waals surface area (Å²) in [7, 11) is 0. The zero-order valence-electron chi connectivity index (χ0n) is 16.2. The molecule has 4 heteroatoms. The Morgan fingerprint density at radius 1 is 0.800 bits per heavy atom. The van der Waals surface area contributed by atoms with Gasteiger partial charge >= 0.3 is 0 Å². The molecule has 3 aromatic rings. The highest BCUT2D eigenvalue weighted by atomic mass is 16.2. The number of nitriles is 1. The summed E-state index contributed by atoms with van der Waals surface area (Å²) >= 11 is 0. The summed E-state index contributed by atoms with van der Waals surface area (Å²) in [5, 5.41) is 10.6. The van der Waals surface area contributed by atoms with Crippen LogP contribution in [0.15, 0.2) is 78.9 Å². The fraction of sp³-hybridized carbons (Fsp3) is 0.192. The Hall–Kier alpha value is -3.71. The molecule has 0 unspecified atom stereocenters. The van der Waals surface area contributed by atoms with Crippen molar-refractivity contribution in [3.63, 3.8) is 0 Å². The van der Waals surface area contributed by atoms with Gasteiger partial charge in [0.05, 0.1) is 24.4 Å². The van der Waals surface area contributed by atoms with E-state index >= 15 is 0 Å². The molecule has 2 amide bonds. The summed E-state index contributed by atoms with van der Waals surface area (Å²) in [5.41, 5.74) is 3.53. The van der Waals surface area contributed by atoms with E-state index in [1.54, 1.807) is 0 Å². The van der Waals surface area contributed by atoms with Crippen LogP contribution in [0.2, 0.25) is 0 Å². The van der Waals surface area contributed by atoms with Crippen molar-refractivity contribution in [2.75, 3.05) is 0 Å². The molecule has 3 aromatic carbocycles. The molecule has 2 bridgehead atoms. The van der Waals surface area contributed by atoms with Gasteiger partial charge in [-0.3, -0.25) is 14.5 Å². The monoisotopic (exact) mass is 390 g/mol. The Kier molecular flexibility index (Phi) is 3.38. The van der Waals surface area contributed by atoms with Crippen molar-refractivity contribution in [3.8, 4) is 6.07 Å². The molecule has 0 N–H and O–H groups in total. The van der Waals surface area contributed by atoms with Crippen LogP contribution in [0.5, 0.6) is 0 Å². The molecule has 1 fully saturated rings. The summed E-state index contributed by atoms with van der Waals surface area (Å²) in [6, 6.07) is 27.7. The topological polar surface area (TPSA) is 61.2 Å². The lowest BCUT2D eigenvalue weighted by molar-refractivity contribution is -0.140. The lowest BCUT2D eigenvalue weighted by atomic mass is 9.48. The maximum atomic E-state index is 13.7. The molecule has 4 nitrogen and oxygen atoms in total. The van der Waals surface area contributed by atoms with Gasteiger partial charge in [0.25, 0.3) is 0 Å². The van der Waals surface area contributed by atoms with Gasteiger partial charge in [-0.15, -0.1) is 0 Å².